The van der Waals surface area contributed by atoms with Crippen LogP contribution in [0.3, 0.4) is 0 Å². The molecule has 2 saturated heterocycles. The number of carbonyl (C=O) groups excluding carboxylic acids is 2. The fraction of sp³-hybridized carbons (Fsp3) is 0.312. The Morgan fingerprint density at radius 3 is 2.11 bits per heavy atom. The number of aryl methyl sites for hydroxylation is 1. The summed E-state index contributed by atoms with van der Waals surface area (Å²) in [7, 11) is 0. The van der Waals surface area contributed by atoms with Gasteiger partial charge in [-0.3, -0.25) is 14.5 Å². The molecule has 1 atom stereocenters. The number of ketones is 1. The molecule has 0 aliphatic carbocycles. The van der Waals surface area contributed by atoms with E-state index < -0.39 is 23.5 Å². The Morgan fingerprint density at radius 1 is 0.895 bits per heavy atom. The molecule has 1 N–H and O–H groups in total. The zero-order valence-corrected chi connectivity index (χ0v) is 22.3. The molecule has 0 aromatic heterocycles. The minimum absolute atomic E-state index is 0.000568. The Morgan fingerprint density at radius 2 is 1.50 bits per heavy atom. The molecule has 1 amide bonds. The fourth-order valence-corrected chi connectivity index (χ4v) is 5.35. The Bertz CT molecular complexity index is 1410. The third-order valence-electron chi connectivity index (χ3n) is 7.59. The van der Waals surface area contributed by atoms with Gasteiger partial charge in [-0.2, -0.15) is 0 Å². The van der Waals surface area contributed by atoms with Crippen LogP contribution in [0, 0.1) is 12.7 Å². The van der Waals surface area contributed by atoms with Crippen molar-refractivity contribution in [2.45, 2.75) is 52.0 Å². The van der Waals surface area contributed by atoms with E-state index in [0.717, 1.165) is 42.7 Å². The highest BCUT2D eigenvalue weighted by molar-refractivity contribution is 6.51. The monoisotopic (exact) mass is 512 g/mol. The largest absolute Gasteiger partial charge is 0.507 e. The maximum atomic E-state index is 13.9. The summed E-state index contributed by atoms with van der Waals surface area (Å²) >= 11 is 0. The molecule has 196 valence electrons. The van der Waals surface area contributed by atoms with Gasteiger partial charge >= 0.3 is 0 Å². The van der Waals surface area contributed by atoms with E-state index in [1.54, 1.807) is 12.1 Å². The first kappa shape index (κ1) is 25.7. The summed E-state index contributed by atoms with van der Waals surface area (Å²) in [4.78, 5) is 30.7. The molecule has 2 heterocycles. The van der Waals surface area contributed by atoms with Crippen molar-refractivity contribution in [1.82, 2.24) is 0 Å². The second-order valence-electron chi connectivity index (χ2n) is 11.2. The van der Waals surface area contributed by atoms with Crippen molar-refractivity contribution in [3.05, 3.63) is 100 Å². The molecule has 6 heteroatoms. The minimum atomic E-state index is -0.897. The standard InChI is InChI=1S/C32H33FN2O3/c1-20-7-10-22(32(2,3)4)19-26(20)29(36)27-28(21-8-11-23(33)12-9-21)35(31(38)30(27)37)25-15-13-24(14-16-25)34-17-5-6-18-34/h7-16,19,28,36H,5-6,17-18H2,1-4H3/b29-27+. The number of benzene rings is 3. The topological polar surface area (TPSA) is 60.9 Å². The number of amides is 1. The number of aliphatic hydroxyl groups excluding tert-OH is 1. The molecule has 38 heavy (non-hydrogen) atoms. The molecule has 2 aliphatic heterocycles. The first-order valence-corrected chi connectivity index (χ1v) is 13.1. The van der Waals surface area contributed by atoms with Crippen molar-refractivity contribution < 1.29 is 19.1 Å². The summed E-state index contributed by atoms with van der Waals surface area (Å²) in [6.07, 6.45) is 2.30. The van der Waals surface area contributed by atoms with Gasteiger partial charge in [0, 0.05) is 30.0 Å². The number of hydrogen-bond acceptors (Lipinski definition) is 4. The maximum Gasteiger partial charge on any atom is 0.300 e. The molecule has 0 bridgehead atoms. The van der Waals surface area contributed by atoms with E-state index in [1.807, 2.05) is 49.4 Å². The molecular weight excluding hydrogens is 479 g/mol. The predicted molar refractivity (Wildman–Crippen MR) is 149 cm³/mol. The van der Waals surface area contributed by atoms with Crippen molar-refractivity contribution in [3.8, 4) is 0 Å². The first-order chi connectivity index (χ1) is 18.1. The zero-order valence-electron chi connectivity index (χ0n) is 22.3. The summed E-state index contributed by atoms with van der Waals surface area (Å²) in [5, 5.41) is 11.6. The molecule has 3 aromatic carbocycles. The molecule has 0 saturated carbocycles. The number of anilines is 2. The van der Waals surface area contributed by atoms with Crippen LogP contribution in [-0.4, -0.2) is 29.9 Å². The second kappa shape index (κ2) is 9.75. The minimum Gasteiger partial charge on any atom is -0.507 e. The Balaban J connectivity index is 1.66. The summed E-state index contributed by atoms with van der Waals surface area (Å²) in [5.74, 6) is -2.13. The lowest BCUT2D eigenvalue weighted by atomic mass is 9.84. The van der Waals surface area contributed by atoms with Gasteiger partial charge < -0.3 is 10.0 Å². The van der Waals surface area contributed by atoms with Crippen LogP contribution in [0.1, 0.15) is 61.9 Å². The molecule has 0 spiro atoms. The summed E-state index contributed by atoms with van der Waals surface area (Å²) in [6, 6.07) is 18.2. The maximum absolute atomic E-state index is 13.9. The van der Waals surface area contributed by atoms with Crippen LogP contribution in [0.25, 0.3) is 5.76 Å². The summed E-state index contributed by atoms with van der Waals surface area (Å²) in [6.45, 7) is 10.1. The van der Waals surface area contributed by atoms with Gasteiger partial charge in [-0.25, -0.2) is 4.39 Å². The van der Waals surface area contributed by atoms with E-state index in [2.05, 4.69) is 25.7 Å². The van der Waals surface area contributed by atoms with Crippen molar-refractivity contribution in [2.75, 3.05) is 22.9 Å². The van der Waals surface area contributed by atoms with Crippen molar-refractivity contribution in [2.24, 2.45) is 0 Å². The van der Waals surface area contributed by atoms with Crippen molar-refractivity contribution in [1.29, 1.82) is 0 Å². The lowest BCUT2D eigenvalue weighted by molar-refractivity contribution is -0.132. The van der Waals surface area contributed by atoms with E-state index in [9.17, 15) is 19.1 Å². The van der Waals surface area contributed by atoms with Crippen LogP contribution in [-0.2, 0) is 15.0 Å². The van der Waals surface area contributed by atoms with Gasteiger partial charge in [0.1, 0.15) is 11.6 Å². The zero-order chi connectivity index (χ0) is 27.2. The normalized spacial score (nSPS) is 19.4. The Hall–Kier alpha value is -3.93. The predicted octanol–water partition coefficient (Wildman–Crippen LogP) is 6.66. The molecule has 2 aliphatic rings. The molecule has 5 nitrogen and oxygen atoms in total. The first-order valence-electron chi connectivity index (χ1n) is 13.1. The SMILES string of the molecule is Cc1ccc(C(C)(C)C)cc1/C(O)=C1\C(=O)C(=O)N(c2ccc(N3CCCC3)cc2)C1c1ccc(F)cc1. The quantitative estimate of drug-likeness (QED) is 0.241. The average Bonchev–Trinajstić information content (AvgIpc) is 3.51. The van der Waals surface area contributed by atoms with Gasteiger partial charge in [-0.1, -0.05) is 45.0 Å². The lowest BCUT2D eigenvalue weighted by Crippen LogP contribution is -2.29. The number of rotatable bonds is 4. The molecule has 3 aromatic rings. The lowest BCUT2D eigenvalue weighted by Gasteiger charge is -2.27. The number of nitrogens with zero attached hydrogens (tertiary/aromatic N) is 2. The highest BCUT2D eigenvalue weighted by atomic mass is 19.1. The van der Waals surface area contributed by atoms with Gasteiger partial charge in [0.2, 0.25) is 0 Å². The third-order valence-corrected chi connectivity index (χ3v) is 7.59. The van der Waals surface area contributed by atoms with Crippen molar-refractivity contribution >= 4 is 28.8 Å². The Labute approximate surface area is 223 Å². The van der Waals surface area contributed by atoms with Gasteiger partial charge in [-0.15, -0.1) is 0 Å². The molecule has 5 rings (SSSR count). The molecule has 0 radical (unpaired) electrons. The fourth-order valence-electron chi connectivity index (χ4n) is 5.35. The highest BCUT2D eigenvalue weighted by Crippen LogP contribution is 2.43. The highest BCUT2D eigenvalue weighted by Gasteiger charge is 2.47. The van der Waals surface area contributed by atoms with Gasteiger partial charge in [0.25, 0.3) is 11.7 Å². The number of halogens is 1. The van der Waals surface area contributed by atoms with Gasteiger partial charge in [0.05, 0.1) is 11.6 Å². The van der Waals surface area contributed by atoms with Crippen LogP contribution in [0.4, 0.5) is 15.8 Å². The van der Waals surface area contributed by atoms with E-state index >= 15 is 0 Å². The number of carbonyl (C=O) groups is 2. The smallest absolute Gasteiger partial charge is 0.300 e. The number of hydrogen-bond donors (Lipinski definition) is 1. The average molecular weight is 513 g/mol. The number of Topliss-reactive ketones (excluding diaryl/α,β-unsaturated/α-hetero) is 1. The van der Waals surface area contributed by atoms with Crippen molar-refractivity contribution in [3.63, 3.8) is 0 Å². The van der Waals surface area contributed by atoms with Crippen LogP contribution < -0.4 is 9.80 Å². The second-order valence-corrected chi connectivity index (χ2v) is 11.2. The molecular formula is C32H33FN2O3. The van der Waals surface area contributed by atoms with Crippen LogP contribution >= 0.6 is 0 Å². The van der Waals surface area contributed by atoms with Crippen LogP contribution in [0.15, 0.2) is 72.3 Å². The van der Waals surface area contributed by atoms with Gasteiger partial charge in [-0.05, 0) is 84.3 Å². The Kier molecular flexibility index (Phi) is 6.59. The molecule has 1 unspecified atom stereocenters. The van der Waals surface area contributed by atoms with E-state index in [0.29, 0.717) is 16.8 Å². The summed E-state index contributed by atoms with van der Waals surface area (Å²) < 4.78 is 13.9. The van der Waals surface area contributed by atoms with E-state index in [1.165, 1.54) is 17.0 Å². The van der Waals surface area contributed by atoms with Crippen LogP contribution in [0.2, 0.25) is 0 Å². The summed E-state index contributed by atoms with van der Waals surface area (Å²) in [5.41, 5.74) is 4.26. The van der Waals surface area contributed by atoms with Crippen LogP contribution in [0.5, 0.6) is 0 Å². The third kappa shape index (κ3) is 4.60. The van der Waals surface area contributed by atoms with E-state index in [4.69, 9.17) is 0 Å². The number of aliphatic hydroxyl groups is 1. The van der Waals surface area contributed by atoms with Gasteiger partial charge in [0.15, 0.2) is 0 Å². The molecule has 2 fully saturated rings. The van der Waals surface area contributed by atoms with E-state index in [-0.39, 0.29) is 16.7 Å².